The van der Waals surface area contributed by atoms with Crippen LogP contribution >= 0.6 is 23.2 Å². The molecule has 0 spiro atoms. The van der Waals surface area contributed by atoms with E-state index in [1.165, 1.54) is 0 Å². The number of likely N-dealkylation sites (N-methyl/N-ethyl adjacent to an activating group) is 2. The van der Waals surface area contributed by atoms with Gasteiger partial charge < -0.3 is 10.2 Å². The van der Waals surface area contributed by atoms with Gasteiger partial charge in [-0.25, -0.2) is 0 Å². The lowest BCUT2D eigenvalue weighted by molar-refractivity contribution is -0.131. The van der Waals surface area contributed by atoms with Gasteiger partial charge in [-0.2, -0.15) is 0 Å². The van der Waals surface area contributed by atoms with E-state index in [-0.39, 0.29) is 11.8 Å². The smallest absolute Gasteiger partial charge is 0.226 e. The van der Waals surface area contributed by atoms with Crippen molar-refractivity contribution in [2.75, 3.05) is 27.2 Å². The Kier molecular flexibility index (Phi) is 4.71. The molecule has 2 atom stereocenters. The molecule has 1 aromatic carbocycles. The lowest BCUT2D eigenvalue weighted by Gasteiger charge is -2.16. The van der Waals surface area contributed by atoms with Crippen molar-refractivity contribution in [1.82, 2.24) is 10.2 Å². The first-order valence-corrected chi connectivity index (χ1v) is 7.14. The fraction of sp³-hybridized carbons (Fsp3) is 0.500. The second kappa shape index (κ2) is 6.12. The molecular formula is C14H18Cl2N2O. The topological polar surface area (TPSA) is 32.3 Å². The summed E-state index contributed by atoms with van der Waals surface area (Å²) < 4.78 is 0. The van der Waals surface area contributed by atoms with Crippen LogP contribution in [-0.4, -0.2) is 38.0 Å². The Balaban J connectivity index is 1.96. The van der Waals surface area contributed by atoms with Crippen LogP contribution in [0.25, 0.3) is 0 Å². The van der Waals surface area contributed by atoms with Crippen molar-refractivity contribution < 1.29 is 4.79 Å². The molecule has 0 radical (unpaired) electrons. The van der Waals surface area contributed by atoms with E-state index < -0.39 is 0 Å². The third-order valence-electron chi connectivity index (χ3n) is 3.55. The highest BCUT2D eigenvalue weighted by atomic mass is 35.5. The largest absolute Gasteiger partial charge is 0.344 e. The van der Waals surface area contributed by atoms with Crippen molar-refractivity contribution in [2.45, 2.75) is 12.3 Å². The van der Waals surface area contributed by atoms with Gasteiger partial charge in [0.25, 0.3) is 0 Å². The predicted molar refractivity (Wildman–Crippen MR) is 78.9 cm³/mol. The Hall–Kier alpha value is -0.770. The number of nitrogens with one attached hydrogen (secondary N) is 1. The van der Waals surface area contributed by atoms with Crippen LogP contribution < -0.4 is 5.32 Å². The summed E-state index contributed by atoms with van der Waals surface area (Å²) in [7, 11) is 3.73. The number of amides is 1. The summed E-state index contributed by atoms with van der Waals surface area (Å²) in [6.07, 6.45) is 0.903. The van der Waals surface area contributed by atoms with Gasteiger partial charge in [-0.05, 0) is 37.1 Å². The molecule has 1 fully saturated rings. The minimum absolute atomic E-state index is 0.0964. The van der Waals surface area contributed by atoms with Crippen molar-refractivity contribution in [3.63, 3.8) is 0 Å². The highest BCUT2D eigenvalue weighted by molar-refractivity contribution is 6.42. The van der Waals surface area contributed by atoms with Gasteiger partial charge in [0.15, 0.2) is 0 Å². The molecule has 5 heteroatoms. The highest BCUT2D eigenvalue weighted by Gasteiger charge is 2.45. The standard InChI is InChI=1S/C14H18Cl2N2O/c1-17-5-6-18(2)14(19)11-8-10(11)9-3-4-12(15)13(16)7-9/h3-4,7,10-11,17H,5-6,8H2,1-2H3. The fourth-order valence-electron chi connectivity index (χ4n) is 2.25. The summed E-state index contributed by atoms with van der Waals surface area (Å²) in [4.78, 5) is 14.0. The van der Waals surface area contributed by atoms with Crippen LogP contribution in [0.3, 0.4) is 0 Å². The SMILES string of the molecule is CNCCN(C)C(=O)C1CC1c1ccc(Cl)c(Cl)c1. The van der Waals surface area contributed by atoms with E-state index in [9.17, 15) is 4.79 Å². The lowest BCUT2D eigenvalue weighted by Crippen LogP contribution is -2.34. The molecule has 1 aliphatic carbocycles. The van der Waals surface area contributed by atoms with Gasteiger partial charge in [0.2, 0.25) is 5.91 Å². The summed E-state index contributed by atoms with van der Waals surface area (Å²) in [5.41, 5.74) is 1.11. The molecule has 104 valence electrons. The summed E-state index contributed by atoms with van der Waals surface area (Å²) in [5, 5.41) is 4.16. The predicted octanol–water partition coefficient (Wildman–Crippen LogP) is 2.77. The van der Waals surface area contributed by atoms with Crippen LogP contribution in [0.15, 0.2) is 18.2 Å². The fourth-order valence-corrected chi connectivity index (χ4v) is 2.56. The van der Waals surface area contributed by atoms with E-state index in [1.54, 1.807) is 11.0 Å². The van der Waals surface area contributed by atoms with Gasteiger partial charge in [-0.15, -0.1) is 0 Å². The Labute approximate surface area is 123 Å². The van der Waals surface area contributed by atoms with E-state index in [1.807, 2.05) is 26.2 Å². The van der Waals surface area contributed by atoms with Crippen LogP contribution in [0.1, 0.15) is 17.9 Å². The minimum atomic E-state index is 0.0964. The Morgan fingerprint density at radius 1 is 1.42 bits per heavy atom. The van der Waals surface area contributed by atoms with Crippen LogP contribution in [0.2, 0.25) is 10.0 Å². The summed E-state index contributed by atoms with van der Waals surface area (Å²) in [6.45, 7) is 1.55. The normalized spacial score (nSPS) is 21.3. The minimum Gasteiger partial charge on any atom is -0.344 e. The van der Waals surface area contributed by atoms with E-state index in [0.717, 1.165) is 25.1 Å². The molecule has 0 bridgehead atoms. The zero-order valence-corrected chi connectivity index (χ0v) is 12.6. The van der Waals surface area contributed by atoms with Crippen molar-refractivity contribution in [3.05, 3.63) is 33.8 Å². The third kappa shape index (κ3) is 3.41. The zero-order valence-electron chi connectivity index (χ0n) is 11.1. The molecule has 1 saturated carbocycles. The summed E-state index contributed by atoms with van der Waals surface area (Å²) in [6, 6.07) is 5.62. The van der Waals surface area contributed by atoms with Gasteiger partial charge in [0.05, 0.1) is 10.0 Å². The summed E-state index contributed by atoms with van der Waals surface area (Å²) in [5.74, 6) is 0.602. The molecule has 3 nitrogen and oxygen atoms in total. The quantitative estimate of drug-likeness (QED) is 0.907. The second-order valence-electron chi connectivity index (χ2n) is 4.99. The first-order valence-electron chi connectivity index (χ1n) is 6.39. The molecule has 0 aliphatic heterocycles. The van der Waals surface area contributed by atoms with Crippen molar-refractivity contribution >= 4 is 29.1 Å². The number of hydrogen-bond acceptors (Lipinski definition) is 2. The molecule has 1 aromatic rings. The van der Waals surface area contributed by atoms with Gasteiger partial charge in [0, 0.05) is 26.1 Å². The van der Waals surface area contributed by atoms with Crippen molar-refractivity contribution in [2.24, 2.45) is 5.92 Å². The number of benzene rings is 1. The number of hydrogen-bond donors (Lipinski definition) is 1. The van der Waals surface area contributed by atoms with Gasteiger partial charge in [-0.3, -0.25) is 4.79 Å². The third-order valence-corrected chi connectivity index (χ3v) is 4.29. The van der Waals surface area contributed by atoms with Crippen LogP contribution in [-0.2, 0) is 4.79 Å². The maximum absolute atomic E-state index is 12.2. The highest BCUT2D eigenvalue weighted by Crippen LogP contribution is 2.49. The molecule has 1 aliphatic rings. The lowest BCUT2D eigenvalue weighted by atomic mass is 10.1. The number of carbonyl (C=O) groups excluding carboxylic acids is 1. The van der Waals surface area contributed by atoms with E-state index in [0.29, 0.717) is 16.0 Å². The molecule has 2 rings (SSSR count). The molecule has 1 N–H and O–H groups in total. The first-order chi connectivity index (χ1) is 9.04. The Morgan fingerprint density at radius 2 is 2.16 bits per heavy atom. The molecule has 0 aromatic heterocycles. The van der Waals surface area contributed by atoms with E-state index >= 15 is 0 Å². The molecule has 2 unspecified atom stereocenters. The number of carbonyl (C=O) groups is 1. The molecule has 0 heterocycles. The second-order valence-corrected chi connectivity index (χ2v) is 5.80. The molecule has 0 saturated heterocycles. The Morgan fingerprint density at radius 3 is 2.79 bits per heavy atom. The monoisotopic (exact) mass is 300 g/mol. The van der Waals surface area contributed by atoms with Crippen molar-refractivity contribution in [3.8, 4) is 0 Å². The van der Waals surface area contributed by atoms with Crippen LogP contribution in [0.5, 0.6) is 0 Å². The Bertz CT molecular complexity index is 479. The van der Waals surface area contributed by atoms with Gasteiger partial charge in [-0.1, -0.05) is 29.3 Å². The average molecular weight is 301 g/mol. The molecule has 19 heavy (non-hydrogen) atoms. The van der Waals surface area contributed by atoms with E-state index in [2.05, 4.69) is 5.32 Å². The molecular weight excluding hydrogens is 283 g/mol. The maximum atomic E-state index is 12.2. The van der Waals surface area contributed by atoms with E-state index in [4.69, 9.17) is 23.2 Å². The summed E-state index contributed by atoms with van der Waals surface area (Å²) >= 11 is 11.9. The average Bonchev–Trinajstić information content (AvgIpc) is 3.18. The van der Waals surface area contributed by atoms with Crippen LogP contribution in [0.4, 0.5) is 0 Å². The number of nitrogens with zero attached hydrogens (tertiary/aromatic N) is 1. The number of halogens is 2. The van der Waals surface area contributed by atoms with Crippen molar-refractivity contribution in [1.29, 1.82) is 0 Å². The van der Waals surface area contributed by atoms with Gasteiger partial charge >= 0.3 is 0 Å². The zero-order chi connectivity index (χ0) is 14.0. The number of rotatable bonds is 5. The molecule has 1 amide bonds. The maximum Gasteiger partial charge on any atom is 0.226 e. The van der Waals surface area contributed by atoms with Crippen LogP contribution in [0, 0.1) is 5.92 Å². The first kappa shape index (κ1) is 14.6. The van der Waals surface area contributed by atoms with Gasteiger partial charge in [0.1, 0.15) is 0 Å².